The first-order valence-corrected chi connectivity index (χ1v) is 12.0. The van der Waals surface area contributed by atoms with Crippen LogP contribution in [0.3, 0.4) is 0 Å². The van der Waals surface area contributed by atoms with Gasteiger partial charge in [-0.3, -0.25) is 4.79 Å². The number of aryl methyl sites for hydroxylation is 2. The third-order valence-electron chi connectivity index (χ3n) is 5.71. The van der Waals surface area contributed by atoms with Crippen LogP contribution in [0.1, 0.15) is 23.2 Å². The van der Waals surface area contributed by atoms with E-state index >= 15 is 0 Å². The second-order valence-corrected chi connectivity index (χ2v) is 9.06. The summed E-state index contributed by atoms with van der Waals surface area (Å²) in [6.45, 7) is 5.66. The Kier molecular flexibility index (Phi) is 7.05. The van der Waals surface area contributed by atoms with Gasteiger partial charge in [-0.2, -0.15) is 16.9 Å². The fourth-order valence-electron chi connectivity index (χ4n) is 3.81. The predicted molar refractivity (Wildman–Crippen MR) is 128 cm³/mol. The van der Waals surface area contributed by atoms with Gasteiger partial charge in [-0.15, -0.1) is 0 Å². The van der Waals surface area contributed by atoms with Crippen LogP contribution in [0.2, 0.25) is 0 Å². The Balaban J connectivity index is 1.65. The van der Waals surface area contributed by atoms with Crippen molar-refractivity contribution in [2.75, 3.05) is 31.7 Å². The number of methoxy groups -OCH3 is 1. The van der Waals surface area contributed by atoms with Crippen LogP contribution in [0.15, 0.2) is 48.5 Å². The quantitative estimate of drug-likeness (QED) is 0.517. The third-order valence-corrected chi connectivity index (χ3v) is 6.65. The van der Waals surface area contributed by atoms with E-state index in [9.17, 15) is 4.79 Å². The first-order valence-electron chi connectivity index (χ1n) is 10.9. The van der Waals surface area contributed by atoms with E-state index in [1.807, 2.05) is 83.7 Å². The topological polar surface area (TPSA) is 56.6 Å². The Morgan fingerprint density at radius 3 is 2.47 bits per heavy atom. The largest absolute Gasteiger partial charge is 0.497 e. The van der Waals surface area contributed by atoms with E-state index in [1.54, 1.807) is 7.11 Å². The Labute approximate surface area is 193 Å². The summed E-state index contributed by atoms with van der Waals surface area (Å²) in [6.07, 6.45) is 1.04. The van der Waals surface area contributed by atoms with Gasteiger partial charge in [-0.25, -0.2) is 4.68 Å². The van der Waals surface area contributed by atoms with Gasteiger partial charge in [0.05, 0.1) is 18.5 Å². The molecular formula is C25H29N3O3S. The van der Waals surface area contributed by atoms with Crippen LogP contribution in [0.4, 0.5) is 0 Å². The van der Waals surface area contributed by atoms with Gasteiger partial charge in [-0.05, 0) is 56.2 Å². The van der Waals surface area contributed by atoms with Gasteiger partial charge in [0.1, 0.15) is 11.5 Å². The van der Waals surface area contributed by atoms with E-state index in [2.05, 4.69) is 0 Å². The van der Waals surface area contributed by atoms with E-state index in [4.69, 9.17) is 14.6 Å². The molecule has 32 heavy (non-hydrogen) atoms. The van der Waals surface area contributed by atoms with Gasteiger partial charge >= 0.3 is 0 Å². The molecule has 1 aromatic heterocycles. The highest BCUT2D eigenvalue weighted by molar-refractivity contribution is 7.99. The number of nitrogens with zero attached hydrogens (tertiary/aromatic N) is 3. The fraction of sp³-hybridized carbons (Fsp3) is 0.360. The number of hydrogen-bond donors (Lipinski definition) is 0. The average molecular weight is 452 g/mol. The number of carbonyl (C=O) groups excluding carboxylic acids is 1. The molecule has 0 aliphatic carbocycles. The van der Waals surface area contributed by atoms with E-state index in [1.165, 1.54) is 0 Å². The summed E-state index contributed by atoms with van der Waals surface area (Å²) in [4.78, 5) is 14.8. The molecule has 6 nitrogen and oxygen atoms in total. The second-order valence-electron chi connectivity index (χ2n) is 7.84. The Morgan fingerprint density at radius 2 is 1.78 bits per heavy atom. The minimum atomic E-state index is 0.198. The zero-order chi connectivity index (χ0) is 22.5. The summed E-state index contributed by atoms with van der Waals surface area (Å²) in [5, 5.41) is 4.78. The van der Waals surface area contributed by atoms with Crippen molar-refractivity contribution in [2.24, 2.45) is 0 Å². The van der Waals surface area contributed by atoms with Crippen LogP contribution in [0.25, 0.3) is 5.69 Å². The van der Waals surface area contributed by atoms with Crippen LogP contribution in [-0.2, 0) is 11.2 Å². The van der Waals surface area contributed by atoms with Gasteiger partial charge in [0.15, 0.2) is 0 Å². The number of carbonyl (C=O) groups is 1. The minimum absolute atomic E-state index is 0.198. The third kappa shape index (κ3) is 4.93. The Hall–Kier alpha value is -2.93. The Morgan fingerprint density at radius 1 is 1.06 bits per heavy atom. The molecule has 1 fully saturated rings. The highest BCUT2D eigenvalue weighted by atomic mass is 32.2. The predicted octanol–water partition coefficient (Wildman–Crippen LogP) is 4.80. The number of para-hydroxylation sites is 1. The van der Waals surface area contributed by atoms with Crippen LogP contribution < -0.4 is 9.47 Å². The van der Waals surface area contributed by atoms with Crippen molar-refractivity contribution in [3.05, 3.63) is 65.4 Å². The number of rotatable bonds is 7. The second kappa shape index (κ2) is 10.1. The number of aromatic nitrogens is 2. The Bertz CT molecular complexity index is 1070. The molecule has 0 saturated carbocycles. The van der Waals surface area contributed by atoms with Gasteiger partial charge in [0.25, 0.3) is 0 Å². The van der Waals surface area contributed by atoms with Crippen LogP contribution in [0.5, 0.6) is 17.4 Å². The first-order chi connectivity index (χ1) is 15.6. The zero-order valence-corrected chi connectivity index (χ0v) is 19.7. The van der Waals surface area contributed by atoms with Crippen LogP contribution >= 0.6 is 11.8 Å². The molecule has 0 bridgehead atoms. The smallest absolute Gasteiger partial charge is 0.226 e. The summed E-state index contributed by atoms with van der Waals surface area (Å²) < 4.78 is 13.5. The van der Waals surface area contributed by atoms with Gasteiger partial charge < -0.3 is 14.4 Å². The lowest BCUT2D eigenvalue weighted by Crippen LogP contribution is -2.38. The molecule has 0 atom stereocenters. The standard InChI is InChI=1S/C25H29N3O3S/c1-18-6-4-5-7-23(18)31-25-22(12-13-24(29)27-14-16-32-17-15-27)19(2)26-28(25)20-8-10-21(30-3)11-9-20/h4-11H,12-17H2,1-3H3. The maximum absolute atomic E-state index is 12.8. The van der Waals surface area contributed by atoms with E-state index in [0.717, 1.165) is 58.6 Å². The average Bonchev–Trinajstić information content (AvgIpc) is 3.14. The van der Waals surface area contributed by atoms with Gasteiger partial charge in [0.2, 0.25) is 11.8 Å². The molecule has 1 amide bonds. The van der Waals surface area contributed by atoms with E-state index < -0.39 is 0 Å². The molecule has 1 aliphatic heterocycles. The molecule has 1 saturated heterocycles. The minimum Gasteiger partial charge on any atom is -0.497 e. The molecule has 7 heteroatoms. The van der Waals surface area contributed by atoms with Crippen molar-refractivity contribution < 1.29 is 14.3 Å². The summed E-state index contributed by atoms with van der Waals surface area (Å²) in [7, 11) is 1.65. The van der Waals surface area contributed by atoms with Crippen molar-refractivity contribution in [2.45, 2.75) is 26.7 Å². The number of benzene rings is 2. The molecule has 2 heterocycles. The van der Waals surface area contributed by atoms with E-state index in [0.29, 0.717) is 18.7 Å². The maximum atomic E-state index is 12.8. The molecule has 168 valence electrons. The summed E-state index contributed by atoms with van der Waals surface area (Å²) >= 11 is 1.91. The molecule has 0 spiro atoms. The maximum Gasteiger partial charge on any atom is 0.226 e. The molecule has 3 aromatic rings. The molecule has 0 radical (unpaired) electrons. The SMILES string of the molecule is COc1ccc(-n2nc(C)c(CCC(=O)N3CCSCC3)c2Oc2ccccc2C)cc1. The zero-order valence-electron chi connectivity index (χ0n) is 18.8. The highest BCUT2D eigenvalue weighted by Crippen LogP contribution is 2.33. The van der Waals surface area contributed by atoms with Crippen molar-refractivity contribution in [1.29, 1.82) is 0 Å². The lowest BCUT2D eigenvalue weighted by atomic mass is 10.1. The van der Waals surface area contributed by atoms with Gasteiger partial charge in [-0.1, -0.05) is 18.2 Å². The summed E-state index contributed by atoms with van der Waals surface area (Å²) in [5.74, 6) is 4.45. The van der Waals surface area contributed by atoms with Crippen molar-refractivity contribution in [3.63, 3.8) is 0 Å². The lowest BCUT2D eigenvalue weighted by Gasteiger charge is -2.26. The number of thioether (sulfide) groups is 1. The van der Waals surface area contributed by atoms with E-state index in [-0.39, 0.29) is 5.91 Å². The molecular weight excluding hydrogens is 422 g/mol. The molecule has 1 aliphatic rings. The molecule has 0 unspecified atom stereocenters. The van der Waals surface area contributed by atoms with Crippen LogP contribution in [0, 0.1) is 13.8 Å². The van der Waals surface area contributed by atoms with Crippen molar-refractivity contribution >= 4 is 17.7 Å². The first kappa shape index (κ1) is 22.3. The summed E-state index contributed by atoms with van der Waals surface area (Å²) in [6, 6.07) is 15.6. The lowest BCUT2D eigenvalue weighted by molar-refractivity contribution is -0.130. The number of amides is 1. The van der Waals surface area contributed by atoms with Crippen LogP contribution in [-0.4, -0.2) is 52.3 Å². The number of hydrogen-bond acceptors (Lipinski definition) is 5. The van der Waals surface area contributed by atoms with Crippen molar-refractivity contribution in [3.8, 4) is 23.1 Å². The monoisotopic (exact) mass is 451 g/mol. The highest BCUT2D eigenvalue weighted by Gasteiger charge is 2.22. The summed E-state index contributed by atoms with van der Waals surface area (Å²) in [5.41, 5.74) is 3.75. The number of ether oxygens (including phenoxy) is 2. The normalized spacial score (nSPS) is 13.8. The molecule has 2 aromatic carbocycles. The van der Waals surface area contributed by atoms with Gasteiger partial charge in [0, 0.05) is 36.6 Å². The molecule has 4 rings (SSSR count). The van der Waals surface area contributed by atoms with Crippen molar-refractivity contribution in [1.82, 2.24) is 14.7 Å². The molecule has 0 N–H and O–H groups in total. The fourth-order valence-corrected chi connectivity index (χ4v) is 4.71.